The number of aromatic nitrogens is 1. The van der Waals surface area contributed by atoms with Gasteiger partial charge in [0.05, 0.1) is 0 Å². The minimum absolute atomic E-state index is 0.00138. The summed E-state index contributed by atoms with van der Waals surface area (Å²) in [5.41, 5.74) is 5.77. The van der Waals surface area contributed by atoms with Crippen molar-refractivity contribution in [3.05, 3.63) is 24.0 Å². The largest absolute Gasteiger partial charge is 0.388 e. The van der Waals surface area contributed by atoms with E-state index in [0.717, 1.165) is 19.3 Å². The van der Waals surface area contributed by atoms with Crippen molar-refractivity contribution in [1.29, 1.82) is 0 Å². The summed E-state index contributed by atoms with van der Waals surface area (Å²) in [6.07, 6.45) is 4.28. The average molecular weight is 313 g/mol. The van der Waals surface area contributed by atoms with Crippen LogP contribution in [0.5, 0.6) is 0 Å². The monoisotopic (exact) mass is 313 g/mol. The summed E-state index contributed by atoms with van der Waals surface area (Å²) in [7, 11) is -3.63. The van der Waals surface area contributed by atoms with Crippen molar-refractivity contribution in [3.63, 3.8) is 0 Å². The first-order chi connectivity index (χ1) is 9.35. The molecule has 0 aliphatic carbocycles. The molecule has 0 saturated carbocycles. The second-order valence-corrected chi connectivity index (χ2v) is 7.43. The molecule has 0 aromatic carbocycles. The fourth-order valence-electron chi connectivity index (χ4n) is 2.77. The lowest BCUT2D eigenvalue weighted by Crippen LogP contribution is -2.47. The highest BCUT2D eigenvalue weighted by Crippen LogP contribution is 2.30. The van der Waals surface area contributed by atoms with Crippen LogP contribution in [0.15, 0.2) is 23.2 Å². The lowest BCUT2D eigenvalue weighted by atomic mass is 10.0. The van der Waals surface area contributed by atoms with Crippen LogP contribution in [-0.2, 0) is 10.0 Å². The van der Waals surface area contributed by atoms with Gasteiger partial charge in [-0.15, -0.1) is 0 Å². The smallest absolute Gasteiger partial charge is 0.245 e. The van der Waals surface area contributed by atoms with Crippen molar-refractivity contribution in [2.75, 3.05) is 0 Å². The van der Waals surface area contributed by atoms with E-state index in [2.05, 4.69) is 4.98 Å². The highest BCUT2D eigenvalue weighted by molar-refractivity contribution is 7.89. The number of nitrogens with zero attached hydrogens (tertiary/aromatic N) is 2. The van der Waals surface area contributed by atoms with Crippen LogP contribution in [0, 0.1) is 0 Å². The third-order valence-corrected chi connectivity index (χ3v) is 6.03. The van der Waals surface area contributed by atoms with Gasteiger partial charge in [-0.1, -0.05) is 18.6 Å². The maximum absolute atomic E-state index is 12.9. The highest BCUT2D eigenvalue weighted by atomic mass is 32.2. The van der Waals surface area contributed by atoms with Crippen molar-refractivity contribution >= 4 is 27.2 Å². The van der Waals surface area contributed by atoms with E-state index in [0.29, 0.717) is 0 Å². The van der Waals surface area contributed by atoms with E-state index in [1.807, 2.05) is 13.8 Å². The molecule has 1 aliphatic heterocycles. The molecule has 2 heterocycles. The summed E-state index contributed by atoms with van der Waals surface area (Å²) in [6, 6.07) is 3.06. The fraction of sp³-hybridized carbons (Fsp3) is 0.538. The van der Waals surface area contributed by atoms with Crippen molar-refractivity contribution in [2.45, 2.75) is 50.1 Å². The highest BCUT2D eigenvalue weighted by Gasteiger charge is 2.37. The molecule has 0 amide bonds. The standard InChI is InChI=1S/C13H19N3O2S2/c1-9-5-3-6-10(2)16(9)20(17,18)11-7-4-8-15-12(11)13(14)19/h4,7-10H,3,5-6H2,1-2H3,(H2,14,19)/t9-,10+. The predicted molar refractivity (Wildman–Crippen MR) is 81.9 cm³/mol. The van der Waals surface area contributed by atoms with Crippen molar-refractivity contribution in [1.82, 2.24) is 9.29 Å². The number of thiocarbonyl (C=S) groups is 1. The van der Waals surface area contributed by atoms with E-state index in [9.17, 15) is 8.42 Å². The van der Waals surface area contributed by atoms with Crippen LogP contribution in [-0.4, -0.2) is 34.8 Å². The Morgan fingerprint density at radius 2 is 2.00 bits per heavy atom. The van der Waals surface area contributed by atoms with E-state index < -0.39 is 10.0 Å². The van der Waals surface area contributed by atoms with Gasteiger partial charge in [0.2, 0.25) is 10.0 Å². The van der Waals surface area contributed by atoms with Gasteiger partial charge in [-0.25, -0.2) is 8.42 Å². The van der Waals surface area contributed by atoms with Crippen molar-refractivity contribution in [3.8, 4) is 0 Å². The van der Waals surface area contributed by atoms with Gasteiger partial charge >= 0.3 is 0 Å². The molecule has 110 valence electrons. The van der Waals surface area contributed by atoms with E-state index in [4.69, 9.17) is 18.0 Å². The van der Waals surface area contributed by atoms with Gasteiger partial charge in [-0.2, -0.15) is 4.31 Å². The van der Waals surface area contributed by atoms with E-state index >= 15 is 0 Å². The summed E-state index contributed by atoms with van der Waals surface area (Å²) in [4.78, 5) is 4.12. The Bertz CT molecular complexity index is 606. The van der Waals surface area contributed by atoms with Crippen LogP contribution in [0.2, 0.25) is 0 Å². The van der Waals surface area contributed by atoms with Gasteiger partial charge in [-0.3, -0.25) is 4.98 Å². The Morgan fingerprint density at radius 3 is 2.55 bits per heavy atom. The SMILES string of the molecule is C[C@@H]1CCC[C@H](C)N1S(=O)(=O)c1cccnc1C(N)=S. The number of hydrogen-bond donors (Lipinski definition) is 1. The Labute approximate surface area is 125 Å². The van der Waals surface area contributed by atoms with Crippen LogP contribution >= 0.6 is 12.2 Å². The maximum atomic E-state index is 12.9. The summed E-state index contributed by atoms with van der Waals surface area (Å²) in [5, 5.41) is 0. The van der Waals surface area contributed by atoms with E-state index in [-0.39, 0.29) is 27.7 Å². The summed E-state index contributed by atoms with van der Waals surface area (Å²) >= 11 is 4.91. The first-order valence-corrected chi connectivity index (χ1v) is 8.49. The zero-order valence-corrected chi connectivity index (χ0v) is 13.2. The molecule has 2 atom stereocenters. The Balaban J connectivity index is 2.52. The third-order valence-electron chi connectivity index (χ3n) is 3.67. The molecule has 0 unspecified atom stereocenters. The summed E-state index contributed by atoms with van der Waals surface area (Å²) in [5.74, 6) is 0. The van der Waals surface area contributed by atoms with E-state index in [1.165, 1.54) is 12.3 Å². The first-order valence-electron chi connectivity index (χ1n) is 6.64. The van der Waals surface area contributed by atoms with Crippen LogP contribution in [0.4, 0.5) is 0 Å². The number of nitrogens with two attached hydrogens (primary N) is 1. The average Bonchev–Trinajstić information content (AvgIpc) is 2.38. The molecule has 0 radical (unpaired) electrons. The summed E-state index contributed by atoms with van der Waals surface area (Å²) in [6.45, 7) is 3.87. The molecule has 0 bridgehead atoms. The normalized spacial score (nSPS) is 24.5. The Morgan fingerprint density at radius 1 is 1.40 bits per heavy atom. The number of hydrogen-bond acceptors (Lipinski definition) is 4. The van der Waals surface area contributed by atoms with Crippen LogP contribution < -0.4 is 5.73 Å². The summed E-state index contributed by atoms with van der Waals surface area (Å²) < 4.78 is 27.4. The molecule has 1 aromatic rings. The van der Waals surface area contributed by atoms with Gasteiger partial charge in [0, 0.05) is 18.3 Å². The lowest BCUT2D eigenvalue weighted by molar-refractivity contribution is 0.204. The van der Waals surface area contributed by atoms with Gasteiger partial charge in [0.25, 0.3) is 0 Å². The zero-order valence-electron chi connectivity index (χ0n) is 11.6. The van der Waals surface area contributed by atoms with Crippen molar-refractivity contribution in [2.24, 2.45) is 5.73 Å². The fourth-order valence-corrected chi connectivity index (χ4v) is 5.04. The number of pyridine rings is 1. The zero-order chi connectivity index (χ0) is 14.9. The molecule has 0 spiro atoms. The van der Waals surface area contributed by atoms with E-state index in [1.54, 1.807) is 10.4 Å². The molecule has 2 rings (SSSR count). The van der Waals surface area contributed by atoms with Crippen LogP contribution in [0.1, 0.15) is 38.8 Å². The molecular weight excluding hydrogens is 294 g/mol. The number of piperidine rings is 1. The molecular formula is C13H19N3O2S2. The minimum Gasteiger partial charge on any atom is -0.388 e. The predicted octanol–water partition coefficient (Wildman–Crippen LogP) is 1.67. The number of rotatable bonds is 3. The topological polar surface area (TPSA) is 76.3 Å². The van der Waals surface area contributed by atoms with Crippen LogP contribution in [0.25, 0.3) is 0 Å². The molecule has 20 heavy (non-hydrogen) atoms. The second-order valence-electron chi connectivity index (χ2n) is 5.18. The maximum Gasteiger partial charge on any atom is 0.245 e. The van der Waals surface area contributed by atoms with Crippen molar-refractivity contribution < 1.29 is 8.42 Å². The van der Waals surface area contributed by atoms with Gasteiger partial charge in [-0.05, 0) is 38.8 Å². The molecule has 1 fully saturated rings. The quantitative estimate of drug-likeness (QED) is 0.859. The number of sulfonamides is 1. The molecule has 1 aromatic heterocycles. The first kappa shape index (κ1) is 15.3. The van der Waals surface area contributed by atoms with Gasteiger partial charge in [0.1, 0.15) is 15.6 Å². The molecule has 7 heteroatoms. The molecule has 1 saturated heterocycles. The van der Waals surface area contributed by atoms with Gasteiger partial charge < -0.3 is 5.73 Å². The lowest BCUT2D eigenvalue weighted by Gasteiger charge is -2.37. The molecule has 5 nitrogen and oxygen atoms in total. The molecule has 1 aliphatic rings. The van der Waals surface area contributed by atoms with Crippen LogP contribution in [0.3, 0.4) is 0 Å². The Hall–Kier alpha value is -1.05. The molecule has 2 N–H and O–H groups in total. The van der Waals surface area contributed by atoms with Gasteiger partial charge in [0.15, 0.2) is 0 Å². The second kappa shape index (κ2) is 5.75. The third kappa shape index (κ3) is 2.70. The Kier molecular flexibility index (Phi) is 4.41. The minimum atomic E-state index is -3.63.